The molecule has 0 radical (unpaired) electrons. The number of aromatic nitrogens is 3. The predicted octanol–water partition coefficient (Wildman–Crippen LogP) is 12.4. The number of hydrogen-bond donors (Lipinski definition) is 0. The first-order chi connectivity index (χ1) is 26.0. The van der Waals surface area contributed by atoms with E-state index < -0.39 is 0 Å². The first kappa shape index (κ1) is 36.2. The Kier molecular flexibility index (Phi) is 8.60. The van der Waals surface area contributed by atoms with E-state index in [1.165, 1.54) is 55.1 Å². The van der Waals surface area contributed by atoms with Gasteiger partial charge in [0.25, 0.3) is 0 Å². The minimum Gasteiger partial charge on any atom is -0.352 e. The molecular formula is C49H44N4PtS. The molecule has 0 bridgehead atoms. The number of rotatable bonds is 4. The largest absolute Gasteiger partial charge is 2.00 e. The summed E-state index contributed by atoms with van der Waals surface area (Å²) >= 11 is 1.93. The van der Waals surface area contributed by atoms with Gasteiger partial charge in [0, 0.05) is 32.8 Å². The van der Waals surface area contributed by atoms with Gasteiger partial charge in [0.05, 0.1) is 11.6 Å². The maximum atomic E-state index is 5.45. The van der Waals surface area contributed by atoms with E-state index in [-0.39, 0.29) is 32.5 Å². The first-order valence-electron chi connectivity index (χ1n) is 19.2. The van der Waals surface area contributed by atoms with Crippen molar-refractivity contribution in [2.24, 2.45) is 4.99 Å². The summed E-state index contributed by atoms with van der Waals surface area (Å²) in [6.45, 7) is 18.1. The first-order valence-corrected chi connectivity index (χ1v) is 20.1. The van der Waals surface area contributed by atoms with Crippen LogP contribution >= 0.6 is 11.8 Å². The number of thioether (sulfide) groups is 1. The molecule has 0 saturated heterocycles. The molecule has 6 heteroatoms. The number of hydrogen-bond acceptors (Lipinski definition) is 3. The van der Waals surface area contributed by atoms with E-state index in [9.17, 15) is 0 Å². The number of benzene rings is 5. The molecule has 0 amide bonds. The van der Waals surface area contributed by atoms with Gasteiger partial charge < -0.3 is 14.1 Å². The quantitative estimate of drug-likeness (QED) is 0.165. The summed E-state index contributed by atoms with van der Waals surface area (Å²) in [6.07, 6.45) is 2.90. The van der Waals surface area contributed by atoms with E-state index in [4.69, 9.17) is 9.98 Å². The summed E-state index contributed by atoms with van der Waals surface area (Å²) in [5.41, 5.74) is 16.9. The smallest absolute Gasteiger partial charge is 0.352 e. The molecule has 1 aliphatic heterocycles. The minimum atomic E-state index is 0. The summed E-state index contributed by atoms with van der Waals surface area (Å²) in [4.78, 5) is 10.4. The minimum absolute atomic E-state index is 0. The molecule has 2 aliphatic rings. The standard InChI is InChI=1S/C49H44N4S.Pt/c1-27(2)31-15-19-42-39(23-31)35-12-10-20-50-47(35)52(42)32-16-17-33-38-21-28(3)14-18-43(38)53(45(33)24-32)44-26-36(29(4)22-30(44)5)48-51-41-25-37-34(46(41)54-48)11-9-13-40(37)49(6,7)8;/h9-23,27,41,46H,25H2,1-8H3;/q-2;+2/t41-,46+;/m1./s1. The molecule has 0 saturated carbocycles. The molecule has 5 aromatic carbocycles. The molecule has 0 spiro atoms. The molecule has 0 N–H and O–H groups in total. The van der Waals surface area contributed by atoms with Crippen LogP contribution in [-0.4, -0.2) is 25.2 Å². The SMILES string of the molecule is Cc1ccc2c(c1)c1ccc(-n3c4ccc(C(C)C)cc4c4cccnc43)[c-]c1n2-c1[c-]c(C2=N[C@@H]3Cc4c(cccc4C(C)(C)C)[C@@H]3S2)c(C)cc1C.[Pt+2]. The summed E-state index contributed by atoms with van der Waals surface area (Å²) in [7, 11) is 0. The van der Waals surface area contributed by atoms with Crippen molar-refractivity contribution in [2.75, 3.05) is 0 Å². The van der Waals surface area contributed by atoms with Gasteiger partial charge in [0.2, 0.25) is 0 Å². The van der Waals surface area contributed by atoms with Crippen LogP contribution in [0.25, 0.3) is 55.1 Å². The summed E-state index contributed by atoms with van der Waals surface area (Å²) in [5.74, 6) is 0.441. The van der Waals surface area contributed by atoms with Gasteiger partial charge in [-0.25, -0.2) is 4.98 Å². The van der Waals surface area contributed by atoms with Crippen LogP contribution in [-0.2, 0) is 32.9 Å². The fourth-order valence-corrected chi connectivity index (χ4v) is 10.5. The molecule has 2 atom stereocenters. The molecule has 4 nitrogen and oxygen atoms in total. The second-order valence-electron chi connectivity index (χ2n) is 16.8. The van der Waals surface area contributed by atoms with Crippen molar-refractivity contribution in [3.05, 3.63) is 148 Å². The van der Waals surface area contributed by atoms with E-state index in [1.54, 1.807) is 0 Å². The Morgan fingerprint density at radius 3 is 2.36 bits per heavy atom. The Hall–Kier alpha value is -4.44. The van der Waals surface area contributed by atoms with Gasteiger partial charge in [-0.2, -0.15) is 6.07 Å². The van der Waals surface area contributed by atoms with Gasteiger partial charge in [0.15, 0.2) is 0 Å². The molecule has 0 fully saturated rings. The van der Waals surface area contributed by atoms with Crippen LogP contribution < -0.4 is 0 Å². The van der Waals surface area contributed by atoms with Gasteiger partial charge >= 0.3 is 21.1 Å². The third kappa shape index (κ3) is 5.59. The predicted molar refractivity (Wildman–Crippen MR) is 228 cm³/mol. The number of pyridine rings is 1. The number of fused-ring (bicyclic) bond motifs is 9. The van der Waals surface area contributed by atoms with Crippen LogP contribution in [0.15, 0.2) is 96.1 Å². The molecule has 8 aromatic rings. The molecule has 4 heterocycles. The maximum absolute atomic E-state index is 5.45. The van der Waals surface area contributed by atoms with Gasteiger partial charge in [-0.15, -0.1) is 58.1 Å². The monoisotopic (exact) mass is 915 g/mol. The maximum Gasteiger partial charge on any atom is 2.00 e. The van der Waals surface area contributed by atoms with Crippen LogP contribution in [0.4, 0.5) is 0 Å². The molecule has 3 aromatic heterocycles. The topological polar surface area (TPSA) is 35.1 Å². The van der Waals surface area contributed by atoms with Gasteiger partial charge in [-0.3, -0.25) is 0 Å². The number of aryl methyl sites for hydroxylation is 3. The van der Waals surface area contributed by atoms with Gasteiger partial charge in [0.1, 0.15) is 5.65 Å². The van der Waals surface area contributed by atoms with Crippen molar-refractivity contribution < 1.29 is 21.1 Å². The normalized spacial score (nSPS) is 16.7. The van der Waals surface area contributed by atoms with Crippen LogP contribution in [0.1, 0.15) is 90.3 Å². The molecule has 55 heavy (non-hydrogen) atoms. The van der Waals surface area contributed by atoms with Crippen molar-refractivity contribution in [1.82, 2.24) is 14.1 Å². The molecule has 1 aliphatic carbocycles. The Morgan fingerprint density at radius 2 is 1.56 bits per heavy atom. The summed E-state index contributed by atoms with van der Waals surface area (Å²) < 4.78 is 4.67. The van der Waals surface area contributed by atoms with Crippen LogP contribution in [0, 0.1) is 32.9 Å². The van der Waals surface area contributed by atoms with E-state index in [1.807, 2.05) is 24.0 Å². The molecular weight excluding hydrogens is 872 g/mol. The van der Waals surface area contributed by atoms with Crippen molar-refractivity contribution >= 4 is 60.5 Å². The fourth-order valence-electron chi connectivity index (χ4n) is 9.12. The summed E-state index contributed by atoms with van der Waals surface area (Å²) in [5, 5.41) is 6.23. The van der Waals surface area contributed by atoms with Crippen LogP contribution in [0.3, 0.4) is 0 Å². The average Bonchev–Trinajstić information content (AvgIpc) is 3.88. The Morgan fingerprint density at radius 1 is 0.782 bits per heavy atom. The van der Waals surface area contributed by atoms with Crippen molar-refractivity contribution in [3.63, 3.8) is 0 Å². The molecule has 276 valence electrons. The zero-order valence-corrected chi connectivity index (χ0v) is 35.7. The Bertz CT molecular complexity index is 2900. The van der Waals surface area contributed by atoms with Crippen LogP contribution in [0.2, 0.25) is 0 Å². The number of nitrogens with zero attached hydrogens (tertiary/aromatic N) is 4. The third-order valence-corrected chi connectivity index (χ3v) is 13.1. The fraction of sp³-hybridized carbons (Fsp3) is 0.265. The van der Waals surface area contributed by atoms with Crippen molar-refractivity contribution in [3.8, 4) is 11.4 Å². The molecule has 10 rings (SSSR count). The Balaban J connectivity index is 0.00000397. The van der Waals surface area contributed by atoms with E-state index in [2.05, 4.69) is 156 Å². The van der Waals surface area contributed by atoms with E-state index >= 15 is 0 Å². The van der Waals surface area contributed by atoms with Crippen LogP contribution in [0.5, 0.6) is 0 Å². The van der Waals surface area contributed by atoms with Crippen molar-refractivity contribution in [1.29, 1.82) is 0 Å². The van der Waals surface area contributed by atoms with E-state index in [0.717, 1.165) is 56.0 Å². The second-order valence-corrected chi connectivity index (χ2v) is 18.0. The third-order valence-electron chi connectivity index (χ3n) is 11.8. The van der Waals surface area contributed by atoms with Gasteiger partial charge in [-0.1, -0.05) is 102 Å². The zero-order valence-electron chi connectivity index (χ0n) is 32.6. The average molecular weight is 916 g/mol. The van der Waals surface area contributed by atoms with Gasteiger partial charge in [-0.05, 0) is 88.3 Å². The Labute approximate surface area is 342 Å². The summed E-state index contributed by atoms with van der Waals surface area (Å²) in [6, 6.07) is 39.7. The second kappa shape index (κ2) is 13.1. The van der Waals surface area contributed by atoms with E-state index in [0.29, 0.717) is 11.2 Å². The molecule has 0 unspecified atom stereocenters. The number of aliphatic imine (C=N–C) groups is 1. The van der Waals surface area contributed by atoms with Crippen molar-refractivity contribution in [2.45, 2.75) is 84.4 Å². The zero-order chi connectivity index (χ0) is 37.2.